The topological polar surface area (TPSA) is 36.4 Å². The van der Waals surface area contributed by atoms with Crippen LogP contribution in [0.4, 0.5) is 26.3 Å². The number of rotatable bonds is 2. The summed E-state index contributed by atoms with van der Waals surface area (Å²) in [4.78, 5) is 2.69. The van der Waals surface area contributed by atoms with Crippen LogP contribution in [0.2, 0.25) is 0 Å². The van der Waals surface area contributed by atoms with Crippen LogP contribution in [0.1, 0.15) is 22.3 Å². The van der Waals surface area contributed by atoms with Crippen molar-refractivity contribution in [2.75, 3.05) is 0 Å². The molecule has 0 aromatic heterocycles. The summed E-state index contributed by atoms with van der Waals surface area (Å²) in [5, 5.41) is 0. The van der Waals surface area contributed by atoms with Gasteiger partial charge in [0.05, 0.1) is 22.3 Å². The Bertz CT molecular complexity index is 711. The molecule has 0 spiro atoms. The van der Waals surface area contributed by atoms with Gasteiger partial charge in [0.1, 0.15) is 0 Å². The van der Waals surface area contributed by atoms with Gasteiger partial charge in [-0.25, -0.2) is 0 Å². The van der Waals surface area contributed by atoms with Crippen molar-refractivity contribution in [1.82, 2.24) is 0 Å². The second-order valence-electron chi connectivity index (χ2n) is 4.54. The largest absolute Gasteiger partial charge is 0.417 e. The number of benzene rings is 2. The molecule has 8 heteroatoms. The van der Waals surface area contributed by atoms with Gasteiger partial charge < -0.3 is 5.53 Å². The standard InChI is InChI=1S/C15H8F6N2/c16-14(17,18)11-7-3-1-5-9(11)13(23-22)10-6-2-4-8-12(10)15(19,20)21/h1-8H. The Morgan fingerprint density at radius 3 is 1.35 bits per heavy atom. The van der Waals surface area contributed by atoms with Gasteiger partial charge in [0, 0.05) is 0 Å². The lowest BCUT2D eigenvalue weighted by Gasteiger charge is -2.13. The van der Waals surface area contributed by atoms with Crippen molar-refractivity contribution in [2.24, 2.45) is 0 Å². The second-order valence-corrected chi connectivity index (χ2v) is 4.54. The van der Waals surface area contributed by atoms with Crippen molar-refractivity contribution in [3.05, 3.63) is 76.3 Å². The molecule has 0 fully saturated rings. The maximum Gasteiger partial charge on any atom is 0.417 e. The fraction of sp³-hybridized carbons (Fsp3) is 0.133. The first-order chi connectivity index (χ1) is 10.7. The molecule has 23 heavy (non-hydrogen) atoms. The minimum Gasteiger partial charge on any atom is -0.361 e. The van der Waals surface area contributed by atoms with E-state index in [-0.39, 0.29) is 0 Å². The molecule has 0 saturated carbocycles. The quantitative estimate of drug-likeness (QED) is 0.328. The summed E-state index contributed by atoms with van der Waals surface area (Å²) < 4.78 is 78.2. The minimum absolute atomic E-state index is 0.640. The molecule has 0 aliphatic heterocycles. The molecule has 2 rings (SSSR count). The fourth-order valence-corrected chi connectivity index (χ4v) is 2.13. The van der Waals surface area contributed by atoms with Gasteiger partial charge in [0.15, 0.2) is 0 Å². The maximum absolute atomic E-state index is 13.0. The predicted molar refractivity (Wildman–Crippen MR) is 69.7 cm³/mol. The number of halogens is 6. The van der Waals surface area contributed by atoms with Crippen LogP contribution in [-0.2, 0) is 12.4 Å². The summed E-state index contributed by atoms with van der Waals surface area (Å²) in [6.07, 6.45) is -9.61. The van der Waals surface area contributed by atoms with Crippen molar-refractivity contribution in [3.8, 4) is 0 Å². The Morgan fingerprint density at radius 1 is 0.696 bits per heavy atom. The van der Waals surface area contributed by atoms with Crippen LogP contribution >= 0.6 is 0 Å². The second kappa shape index (κ2) is 5.89. The summed E-state index contributed by atoms with van der Waals surface area (Å²) in [5.74, 6) is 0. The molecule has 2 aromatic rings. The van der Waals surface area contributed by atoms with Crippen LogP contribution < -0.4 is 0 Å². The highest BCUT2D eigenvalue weighted by Gasteiger charge is 2.40. The van der Waals surface area contributed by atoms with Gasteiger partial charge in [-0.15, -0.1) is 0 Å². The molecule has 2 nitrogen and oxygen atoms in total. The zero-order chi connectivity index (χ0) is 17.3. The van der Waals surface area contributed by atoms with Crippen LogP contribution in [0, 0.1) is 0 Å². The van der Waals surface area contributed by atoms with Crippen LogP contribution in [0.5, 0.6) is 0 Å². The van der Waals surface area contributed by atoms with Crippen LogP contribution in [0.3, 0.4) is 0 Å². The number of hydrogen-bond acceptors (Lipinski definition) is 0. The summed E-state index contributed by atoms with van der Waals surface area (Å²) >= 11 is 0. The van der Waals surface area contributed by atoms with Crippen molar-refractivity contribution < 1.29 is 31.1 Å². The van der Waals surface area contributed by atoms with Crippen molar-refractivity contribution in [1.29, 1.82) is 0 Å². The molecular weight excluding hydrogens is 322 g/mol. The third kappa shape index (κ3) is 3.43. The number of nitrogens with zero attached hydrogens (tertiary/aromatic N) is 2. The normalized spacial score (nSPS) is 11.9. The van der Waals surface area contributed by atoms with E-state index in [0.717, 1.165) is 24.3 Å². The first kappa shape index (κ1) is 16.8. The average Bonchev–Trinajstić information content (AvgIpc) is 2.47. The Morgan fingerprint density at radius 2 is 1.04 bits per heavy atom. The molecule has 0 atom stereocenters. The van der Waals surface area contributed by atoms with Gasteiger partial charge in [0.2, 0.25) is 0 Å². The average molecular weight is 330 g/mol. The van der Waals surface area contributed by atoms with Gasteiger partial charge in [0.25, 0.3) is 0 Å². The minimum atomic E-state index is -4.81. The summed E-state index contributed by atoms with van der Waals surface area (Å²) in [6.45, 7) is 0. The monoisotopic (exact) mass is 330 g/mol. The highest BCUT2D eigenvalue weighted by Crippen LogP contribution is 2.36. The number of alkyl halides is 6. The molecule has 0 radical (unpaired) electrons. The van der Waals surface area contributed by atoms with Crippen LogP contribution in [0.25, 0.3) is 5.53 Å². The SMILES string of the molecule is [N-]=[N+]=C(c1ccccc1C(F)(F)F)c1ccccc1C(F)(F)F. The van der Waals surface area contributed by atoms with Gasteiger partial charge in [-0.3, -0.25) is 0 Å². The molecule has 120 valence electrons. The Hall–Kier alpha value is -2.60. The van der Waals surface area contributed by atoms with Crippen molar-refractivity contribution in [3.63, 3.8) is 0 Å². The third-order valence-corrected chi connectivity index (χ3v) is 3.08. The Kier molecular flexibility index (Phi) is 4.29. The van der Waals surface area contributed by atoms with E-state index in [1.807, 2.05) is 0 Å². The van der Waals surface area contributed by atoms with E-state index in [9.17, 15) is 26.3 Å². The van der Waals surface area contributed by atoms with E-state index in [0.29, 0.717) is 12.1 Å². The lowest BCUT2D eigenvalue weighted by atomic mass is 9.94. The first-order valence-electron chi connectivity index (χ1n) is 6.21. The van der Waals surface area contributed by atoms with E-state index >= 15 is 0 Å². The molecule has 0 bridgehead atoms. The molecule has 0 aliphatic rings. The fourth-order valence-electron chi connectivity index (χ4n) is 2.13. The number of hydrogen-bond donors (Lipinski definition) is 0. The smallest absolute Gasteiger partial charge is 0.361 e. The Labute approximate surface area is 126 Å². The van der Waals surface area contributed by atoms with E-state index in [4.69, 9.17) is 5.53 Å². The molecular formula is C15H8F6N2. The van der Waals surface area contributed by atoms with E-state index in [1.165, 1.54) is 12.1 Å². The van der Waals surface area contributed by atoms with Crippen LogP contribution in [-0.4, -0.2) is 10.5 Å². The summed E-state index contributed by atoms with van der Waals surface area (Å²) in [6, 6.07) is 7.93. The molecule has 0 N–H and O–H groups in total. The van der Waals surface area contributed by atoms with Gasteiger partial charge in [-0.2, -0.15) is 31.1 Å². The van der Waals surface area contributed by atoms with Crippen molar-refractivity contribution >= 4 is 5.71 Å². The van der Waals surface area contributed by atoms with Gasteiger partial charge >= 0.3 is 18.1 Å². The van der Waals surface area contributed by atoms with Gasteiger partial charge in [-0.05, 0) is 24.3 Å². The molecule has 0 heterocycles. The van der Waals surface area contributed by atoms with Gasteiger partial charge in [-0.1, -0.05) is 24.3 Å². The predicted octanol–water partition coefficient (Wildman–Crippen LogP) is 4.79. The molecule has 0 aliphatic carbocycles. The maximum atomic E-state index is 13.0. The lowest BCUT2D eigenvalue weighted by Crippen LogP contribution is -2.19. The lowest BCUT2D eigenvalue weighted by molar-refractivity contribution is -0.138. The van der Waals surface area contributed by atoms with E-state index < -0.39 is 40.3 Å². The third-order valence-electron chi connectivity index (χ3n) is 3.08. The zero-order valence-corrected chi connectivity index (χ0v) is 11.3. The molecule has 2 aromatic carbocycles. The highest BCUT2D eigenvalue weighted by atomic mass is 19.4. The highest BCUT2D eigenvalue weighted by molar-refractivity contribution is 6.11. The molecule has 0 saturated heterocycles. The van der Waals surface area contributed by atoms with E-state index in [1.54, 1.807) is 0 Å². The first-order valence-corrected chi connectivity index (χ1v) is 6.21. The molecule has 0 unspecified atom stereocenters. The van der Waals surface area contributed by atoms with E-state index in [2.05, 4.69) is 4.79 Å². The Balaban J connectivity index is 2.73. The van der Waals surface area contributed by atoms with Crippen molar-refractivity contribution in [2.45, 2.75) is 12.4 Å². The molecule has 0 amide bonds. The van der Waals surface area contributed by atoms with Crippen LogP contribution in [0.15, 0.2) is 48.5 Å². The zero-order valence-electron chi connectivity index (χ0n) is 11.3. The summed E-state index contributed by atoms with van der Waals surface area (Å²) in [7, 11) is 0. The summed E-state index contributed by atoms with van der Waals surface area (Å²) in [5.41, 5.74) is 4.61.